The average molecular weight is 677 g/mol. The molecule has 0 saturated carbocycles. The van der Waals surface area contributed by atoms with Crippen LogP contribution in [0, 0.1) is 5.92 Å². The number of imide groups is 1. The number of thiazole rings is 1. The van der Waals surface area contributed by atoms with Crippen molar-refractivity contribution in [1.29, 1.82) is 0 Å². The fraction of sp³-hybridized carbons (Fsp3) is 0.242. The van der Waals surface area contributed by atoms with E-state index in [1.807, 2.05) is 43.3 Å². The van der Waals surface area contributed by atoms with Crippen LogP contribution in [0.4, 0.5) is 17.1 Å². The fourth-order valence-corrected chi connectivity index (χ4v) is 8.59. The van der Waals surface area contributed by atoms with Gasteiger partial charge in [-0.05, 0) is 73.2 Å². The quantitative estimate of drug-likeness (QED) is 0.199. The second-order valence-electron chi connectivity index (χ2n) is 11.0. The number of nitrogens with zero attached hydrogens (tertiary/aromatic N) is 3. The van der Waals surface area contributed by atoms with Gasteiger partial charge in [-0.1, -0.05) is 46.8 Å². The van der Waals surface area contributed by atoms with Crippen LogP contribution in [0.1, 0.15) is 33.6 Å². The van der Waals surface area contributed by atoms with Gasteiger partial charge in [0.25, 0.3) is 0 Å². The Kier molecular flexibility index (Phi) is 8.78. The van der Waals surface area contributed by atoms with E-state index in [4.69, 9.17) is 16.3 Å². The summed E-state index contributed by atoms with van der Waals surface area (Å²) in [6.45, 7) is 1.66. The largest absolute Gasteiger partial charge is 0.462 e. The number of esters is 1. The first-order chi connectivity index (χ1) is 22.1. The molecular formula is C33H29ClN4O6S2. The first-order valence-electron chi connectivity index (χ1n) is 14.4. The van der Waals surface area contributed by atoms with E-state index >= 15 is 0 Å². The van der Waals surface area contributed by atoms with Gasteiger partial charge in [-0.2, -0.15) is 0 Å². The van der Waals surface area contributed by atoms with Crippen LogP contribution in [-0.2, 0) is 25.7 Å². The third-order valence-corrected chi connectivity index (χ3v) is 10.7. The van der Waals surface area contributed by atoms with Crippen molar-refractivity contribution in [1.82, 2.24) is 4.57 Å². The molecule has 3 atom stereocenters. The zero-order valence-corrected chi connectivity index (χ0v) is 27.4. The molecule has 0 radical (unpaired) electrons. The summed E-state index contributed by atoms with van der Waals surface area (Å²) in [6.07, 6.45) is 0. The molecule has 2 aliphatic rings. The van der Waals surface area contributed by atoms with Gasteiger partial charge in [0, 0.05) is 41.3 Å². The number of fused-ring (bicyclic) bond motifs is 2. The van der Waals surface area contributed by atoms with E-state index in [1.54, 1.807) is 55.5 Å². The molecule has 3 aromatic carbocycles. The van der Waals surface area contributed by atoms with E-state index in [2.05, 4.69) is 5.32 Å². The van der Waals surface area contributed by atoms with Crippen molar-refractivity contribution in [3.8, 4) is 0 Å². The molecule has 10 nitrogen and oxygen atoms in total. The van der Waals surface area contributed by atoms with E-state index in [0.717, 1.165) is 34.3 Å². The lowest BCUT2D eigenvalue weighted by Gasteiger charge is -2.31. The van der Waals surface area contributed by atoms with Crippen molar-refractivity contribution < 1.29 is 23.9 Å². The van der Waals surface area contributed by atoms with Gasteiger partial charge in [-0.3, -0.25) is 23.7 Å². The average Bonchev–Trinajstić information content (AvgIpc) is 3.48. The van der Waals surface area contributed by atoms with Crippen molar-refractivity contribution in [3.63, 3.8) is 0 Å². The number of rotatable bonds is 8. The molecule has 1 fully saturated rings. The molecule has 46 heavy (non-hydrogen) atoms. The van der Waals surface area contributed by atoms with Crippen LogP contribution >= 0.6 is 34.7 Å². The van der Waals surface area contributed by atoms with E-state index in [9.17, 15) is 24.0 Å². The molecule has 0 bridgehead atoms. The van der Waals surface area contributed by atoms with E-state index < -0.39 is 29.0 Å². The van der Waals surface area contributed by atoms with Gasteiger partial charge in [0.05, 0.1) is 28.8 Å². The Hall–Kier alpha value is -4.39. The monoisotopic (exact) mass is 676 g/mol. The molecule has 1 saturated heterocycles. The van der Waals surface area contributed by atoms with Gasteiger partial charge in [-0.15, -0.1) is 0 Å². The smallest absolute Gasteiger partial charge is 0.338 e. The maximum absolute atomic E-state index is 14.1. The highest BCUT2D eigenvalue weighted by molar-refractivity contribution is 8.00. The first kappa shape index (κ1) is 31.6. The number of hydrogen-bond acceptors (Lipinski definition) is 9. The maximum atomic E-state index is 14.1. The van der Waals surface area contributed by atoms with Crippen LogP contribution in [0.2, 0.25) is 5.02 Å². The topological polar surface area (TPSA) is 118 Å². The van der Waals surface area contributed by atoms with Crippen LogP contribution in [-0.4, -0.2) is 54.2 Å². The van der Waals surface area contributed by atoms with Crippen molar-refractivity contribution in [2.45, 2.75) is 29.7 Å². The number of benzene rings is 3. The Bertz CT molecular complexity index is 1890. The van der Waals surface area contributed by atoms with Crippen molar-refractivity contribution >= 4 is 75.5 Å². The van der Waals surface area contributed by atoms with Crippen LogP contribution < -0.4 is 20.0 Å². The van der Waals surface area contributed by atoms with Crippen molar-refractivity contribution in [3.05, 3.63) is 103 Å². The zero-order valence-electron chi connectivity index (χ0n) is 25.1. The van der Waals surface area contributed by atoms with Crippen LogP contribution in [0.5, 0.6) is 0 Å². The second-order valence-corrected chi connectivity index (χ2v) is 13.5. The minimum absolute atomic E-state index is 0.248. The lowest BCUT2D eigenvalue weighted by atomic mass is 9.83. The number of carbonyl (C=O) groups excluding carboxylic acids is 4. The molecular weight excluding hydrogens is 648 g/mol. The van der Waals surface area contributed by atoms with Crippen LogP contribution in [0.3, 0.4) is 0 Å². The Morgan fingerprint density at radius 1 is 0.935 bits per heavy atom. The van der Waals surface area contributed by atoms with Gasteiger partial charge in [0.15, 0.2) is 0 Å². The predicted molar refractivity (Wildman–Crippen MR) is 179 cm³/mol. The summed E-state index contributed by atoms with van der Waals surface area (Å²) in [5, 5.41) is 2.93. The number of hydrogen-bond donors (Lipinski definition) is 1. The number of amides is 3. The summed E-state index contributed by atoms with van der Waals surface area (Å²) < 4.78 is 6.37. The van der Waals surface area contributed by atoms with Gasteiger partial charge in [0.2, 0.25) is 17.7 Å². The zero-order chi connectivity index (χ0) is 32.7. The van der Waals surface area contributed by atoms with E-state index in [-0.39, 0.29) is 29.8 Å². The fourth-order valence-electron chi connectivity index (χ4n) is 5.69. The summed E-state index contributed by atoms with van der Waals surface area (Å²) in [6, 6.07) is 20.5. The number of aromatic nitrogens is 1. The van der Waals surface area contributed by atoms with Gasteiger partial charge in [0.1, 0.15) is 11.8 Å². The number of nitrogens with one attached hydrogen (secondary N) is 1. The van der Waals surface area contributed by atoms with Crippen LogP contribution in [0.15, 0.2) is 82.6 Å². The minimum atomic E-state index is -0.812. The number of anilines is 3. The van der Waals surface area contributed by atoms with Gasteiger partial charge >= 0.3 is 10.8 Å². The lowest BCUT2D eigenvalue weighted by molar-refractivity contribution is -0.122. The molecule has 0 aliphatic carbocycles. The molecule has 0 spiro atoms. The molecule has 3 heterocycles. The Morgan fingerprint density at radius 2 is 1.61 bits per heavy atom. The van der Waals surface area contributed by atoms with Gasteiger partial charge in [-0.25, -0.2) is 9.69 Å². The highest BCUT2D eigenvalue weighted by Gasteiger charge is 2.56. The molecule has 236 valence electrons. The Morgan fingerprint density at radius 3 is 2.24 bits per heavy atom. The predicted octanol–water partition coefficient (Wildman–Crippen LogP) is 5.24. The molecule has 13 heteroatoms. The third-order valence-electron chi connectivity index (χ3n) is 7.88. The summed E-state index contributed by atoms with van der Waals surface area (Å²) >= 11 is 8.21. The minimum Gasteiger partial charge on any atom is -0.462 e. The van der Waals surface area contributed by atoms with Crippen LogP contribution in [0.25, 0.3) is 0 Å². The maximum Gasteiger partial charge on any atom is 0.338 e. The van der Waals surface area contributed by atoms with E-state index in [0.29, 0.717) is 31.9 Å². The number of halogens is 1. The van der Waals surface area contributed by atoms with Gasteiger partial charge < -0.3 is 15.0 Å². The van der Waals surface area contributed by atoms with Crippen molar-refractivity contribution in [2.75, 3.05) is 35.8 Å². The summed E-state index contributed by atoms with van der Waals surface area (Å²) in [5.41, 5.74) is 2.96. The first-order valence-corrected chi connectivity index (χ1v) is 16.5. The molecule has 1 aromatic heterocycles. The highest BCUT2D eigenvalue weighted by Crippen LogP contribution is 2.54. The molecule has 2 unspecified atom stereocenters. The Balaban J connectivity index is 1.34. The molecule has 4 aromatic rings. The van der Waals surface area contributed by atoms with E-state index in [1.165, 1.54) is 9.47 Å². The number of ether oxygens (including phenoxy) is 1. The Labute approximate surface area is 277 Å². The molecule has 2 aliphatic heterocycles. The third kappa shape index (κ3) is 5.83. The standard InChI is InChI=1S/C33H29ClN4O6S2/c1-4-44-32(42)19-5-11-21(12-6-19)35-24(39)17-37-31-28(46-33(37)43)25(18-7-13-22(14-8-18)36(2)3)26-27(45-31)30(41)38(29(26)40)23-15-9-20(34)10-16-23/h5-16,25-27H,4,17H2,1-3H3,(H,35,39)/t25-,26?,27?/m1/s1. The molecule has 1 N–H and O–H groups in total. The molecule has 3 amide bonds. The SMILES string of the molecule is CCOC(=O)c1ccc(NC(=O)Cn2c3c(sc2=O)[C@H](c2ccc(N(C)C)cc2)C2C(=O)N(c4ccc(Cl)cc4)C(=O)C2S3)cc1. The second kappa shape index (κ2) is 12.8. The summed E-state index contributed by atoms with van der Waals surface area (Å²) in [4.78, 5) is 70.0. The number of thioether (sulfide) groups is 1. The number of carbonyl (C=O) groups is 4. The summed E-state index contributed by atoms with van der Waals surface area (Å²) in [5.74, 6) is -3.01. The lowest BCUT2D eigenvalue weighted by Crippen LogP contribution is -2.33. The summed E-state index contributed by atoms with van der Waals surface area (Å²) in [7, 11) is 3.85. The van der Waals surface area contributed by atoms with Crippen molar-refractivity contribution in [2.24, 2.45) is 5.92 Å². The molecule has 6 rings (SSSR count). The highest BCUT2D eigenvalue weighted by atomic mass is 35.5. The normalized spacial score (nSPS) is 18.6.